The summed E-state index contributed by atoms with van der Waals surface area (Å²) < 4.78 is 0. The van der Waals surface area contributed by atoms with Crippen LogP contribution in [-0.4, -0.2) is 19.0 Å². The summed E-state index contributed by atoms with van der Waals surface area (Å²) in [5.74, 6) is 1.21. The van der Waals surface area contributed by atoms with Crippen LogP contribution in [0.5, 0.6) is 0 Å². The molecule has 0 aromatic heterocycles. The maximum absolute atomic E-state index is 12.7. The number of carbonyl (C=O) groups excluding carboxylic acids is 1. The second kappa shape index (κ2) is 7.40. The van der Waals surface area contributed by atoms with Gasteiger partial charge in [0.15, 0.2) is 0 Å². The quantitative estimate of drug-likeness (QED) is 0.793. The Morgan fingerprint density at radius 3 is 2.38 bits per heavy atom. The zero-order chi connectivity index (χ0) is 18.8. The van der Waals surface area contributed by atoms with Gasteiger partial charge in [0.25, 0.3) is 5.91 Å². The number of aryl methyl sites for hydroxylation is 2. The number of nitrogen functional groups attached to an aromatic ring is 1. The highest BCUT2D eigenvalue weighted by molar-refractivity contribution is 6.07. The second-order valence-electron chi connectivity index (χ2n) is 7.85. The van der Waals surface area contributed by atoms with Crippen molar-refractivity contribution in [2.45, 2.75) is 34.1 Å². The Labute approximate surface area is 156 Å². The number of hydrogen-bond donors (Lipinski definition) is 2. The van der Waals surface area contributed by atoms with E-state index in [2.05, 4.69) is 31.0 Å². The monoisotopic (exact) mass is 351 g/mol. The largest absolute Gasteiger partial charge is 0.397 e. The van der Waals surface area contributed by atoms with Crippen LogP contribution in [0, 0.1) is 25.7 Å². The Kier molecular flexibility index (Phi) is 5.21. The standard InChI is InChI=1S/C22H29N3O/c1-14-9-15(2)13-25(12-14)21-11-20(19(23)10-17(21)4)24-22(26)18-8-6-5-7-16(18)3/h5-8,10-11,14-15H,9,12-13,23H2,1-4H3,(H,24,26)/t14-,15-/m0/s1. The van der Waals surface area contributed by atoms with Crippen molar-refractivity contribution < 1.29 is 4.79 Å². The van der Waals surface area contributed by atoms with Crippen molar-refractivity contribution in [3.63, 3.8) is 0 Å². The summed E-state index contributed by atoms with van der Waals surface area (Å²) in [7, 11) is 0. The average molecular weight is 351 g/mol. The first-order chi connectivity index (χ1) is 12.3. The zero-order valence-electron chi connectivity index (χ0n) is 16.2. The van der Waals surface area contributed by atoms with Gasteiger partial charge < -0.3 is 16.0 Å². The van der Waals surface area contributed by atoms with Gasteiger partial charge in [-0.1, -0.05) is 32.0 Å². The predicted octanol–water partition coefficient (Wildman–Crippen LogP) is 4.62. The smallest absolute Gasteiger partial charge is 0.255 e. The molecule has 3 rings (SSSR count). The Morgan fingerprint density at radius 2 is 1.73 bits per heavy atom. The fourth-order valence-electron chi connectivity index (χ4n) is 4.04. The number of amides is 1. The van der Waals surface area contributed by atoms with Gasteiger partial charge in [-0.15, -0.1) is 0 Å². The van der Waals surface area contributed by atoms with E-state index in [1.807, 2.05) is 43.3 Å². The highest BCUT2D eigenvalue weighted by atomic mass is 16.1. The normalized spacial score (nSPS) is 20.1. The van der Waals surface area contributed by atoms with Gasteiger partial charge in [-0.25, -0.2) is 0 Å². The van der Waals surface area contributed by atoms with Crippen molar-refractivity contribution in [1.82, 2.24) is 0 Å². The number of carbonyl (C=O) groups is 1. The Hall–Kier alpha value is -2.49. The third-order valence-corrected chi connectivity index (χ3v) is 5.22. The van der Waals surface area contributed by atoms with E-state index in [-0.39, 0.29) is 5.91 Å². The number of nitrogens with one attached hydrogen (secondary N) is 1. The SMILES string of the molecule is Cc1ccccc1C(=O)Nc1cc(N2C[C@@H](C)C[C@H](C)C2)c(C)cc1N. The third-order valence-electron chi connectivity index (χ3n) is 5.22. The van der Waals surface area contributed by atoms with Gasteiger partial charge in [-0.2, -0.15) is 0 Å². The fraction of sp³-hybridized carbons (Fsp3) is 0.409. The number of hydrogen-bond acceptors (Lipinski definition) is 3. The lowest BCUT2D eigenvalue weighted by molar-refractivity contribution is 0.102. The summed E-state index contributed by atoms with van der Waals surface area (Å²) in [6.07, 6.45) is 1.27. The van der Waals surface area contributed by atoms with E-state index in [1.165, 1.54) is 6.42 Å². The van der Waals surface area contributed by atoms with Crippen LogP contribution in [0.4, 0.5) is 17.1 Å². The van der Waals surface area contributed by atoms with E-state index in [9.17, 15) is 4.79 Å². The molecule has 0 bridgehead atoms. The Balaban J connectivity index is 1.89. The van der Waals surface area contributed by atoms with Gasteiger partial charge in [-0.3, -0.25) is 4.79 Å². The van der Waals surface area contributed by atoms with E-state index in [0.717, 1.165) is 29.9 Å². The molecule has 4 nitrogen and oxygen atoms in total. The molecule has 3 N–H and O–H groups in total. The van der Waals surface area contributed by atoms with Crippen LogP contribution in [0.15, 0.2) is 36.4 Å². The maximum Gasteiger partial charge on any atom is 0.255 e. The van der Waals surface area contributed by atoms with Crippen LogP contribution in [-0.2, 0) is 0 Å². The average Bonchev–Trinajstić information content (AvgIpc) is 2.56. The van der Waals surface area contributed by atoms with Gasteiger partial charge in [0, 0.05) is 24.3 Å². The lowest BCUT2D eigenvalue weighted by atomic mass is 9.91. The Bertz CT molecular complexity index is 805. The minimum Gasteiger partial charge on any atom is -0.397 e. The summed E-state index contributed by atoms with van der Waals surface area (Å²) in [5.41, 5.74) is 11.4. The van der Waals surface area contributed by atoms with Gasteiger partial charge in [0.1, 0.15) is 0 Å². The van der Waals surface area contributed by atoms with Gasteiger partial charge >= 0.3 is 0 Å². The van der Waals surface area contributed by atoms with Gasteiger partial charge in [0.2, 0.25) is 0 Å². The van der Waals surface area contributed by atoms with Crippen LogP contribution in [0.25, 0.3) is 0 Å². The van der Waals surface area contributed by atoms with E-state index < -0.39 is 0 Å². The van der Waals surface area contributed by atoms with Gasteiger partial charge in [0.05, 0.1) is 11.4 Å². The predicted molar refractivity (Wildman–Crippen MR) is 110 cm³/mol. The molecule has 0 saturated carbocycles. The van der Waals surface area contributed by atoms with Crippen LogP contribution in [0.2, 0.25) is 0 Å². The van der Waals surface area contributed by atoms with Crippen molar-refractivity contribution >= 4 is 23.0 Å². The minimum absolute atomic E-state index is 0.120. The van der Waals surface area contributed by atoms with Crippen LogP contribution >= 0.6 is 0 Å². The molecule has 1 aliphatic rings. The van der Waals surface area contributed by atoms with Crippen molar-refractivity contribution in [1.29, 1.82) is 0 Å². The molecule has 0 radical (unpaired) electrons. The number of piperidine rings is 1. The molecule has 0 unspecified atom stereocenters. The highest BCUT2D eigenvalue weighted by Crippen LogP contribution is 2.33. The molecule has 1 heterocycles. The Morgan fingerprint density at radius 1 is 1.08 bits per heavy atom. The highest BCUT2D eigenvalue weighted by Gasteiger charge is 2.24. The van der Waals surface area contributed by atoms with Crippen molar-refractivity contribution in [3.05, 3.63) is 53.1 Å². The second-order valence-corrected chi connectivity index (χ2v) is 7.85. The lowest BCUT2D eigenvalue weighted by Crippen LogP contribution is -2.39. The summed E-state index contributed by atoms with van der Waals surface area (Å²) in [4.78, 5) is 15.1. The fourth-order valence-corrected chi connectivity index (χ4v) is 4.04. The van der Waals surface area contributed by atoms with Crippen molar-refractivity contribution in [2.24, 2.45) is 11.8 Å². The number of nitrogens with zero attached hydrogens (tertiary/aromatic N) is 1. The molecular formula is C22H29N3O. The number of nitrogens with two attached hydrogens (primary N) is 1. The molecule has 1 aliphatic heterocycles. The number of benzene rings is 2. The molecule has 2 aromatic carbocycles. The first-order valence-corrected chi connectivity index (χ1v) is 9.37. The number of rotatable bonds is 3. The molecule has 0 aliphatic carbocycles. The molecular weight excluding hydrogens is 322 g/mol. The molecule has 1 amide bonds. The molecule has 138 valence electrons. The minimum atomic E-state index is -0.120. The summed E-state index contributed by atoms with van der Waals surface area (Å²) in [6.45, 7) is 10.7. The first kappa shape index (κ1) is 18.3. The molecule has 0 spiro atoms. The molecule has 2 atom stereocenters. The zero-order valence-corrected chi connectivity index (χ0v) is 16.2. The van der Waals surface area contributed by atoms with E-state index in [1.54, 1.807) is 0 Å². The maximum atomic E-state index is 12.7. The lowest BCUT2D eigenvalue weighted by Gasteiger charge is -2.37. The summed E-state index contributed by atoms with van der Waals surface area (Å²) in [5, 5.41) is 3.01. The van der Waals surface area contributed by atoms with E-state index in [0.29, 0.717) is 28.8 Å². The van der Waals surface area contributed by atoms with Crippen LogP contribution < -0.4 is 16.0 Å². The summed E-state index contributed by atoms with van der Waals surface area (Å²) in [6, 6.07) is 11.6. The van der Waals surface area contributed by atoms with Crippen LogP contribution in [0.1, 0.15) is 41.8 Å². The summed E-state index contributed by atoms with van der Waals surface area (Å²) >= 11 is 0. The van der Waals surface area contributed by atoms with Crippen molar-refractivity contribution in [3.8, 4) is 0 Å². The number of anilines is 3. The first-order valence-electron chi connectivity index (χ1n) is 9.37. The molecule has 1 saturated heterocycles. The van der Waals surface area contributed by atoms with E-state index in [4.69, 9.17) is 5.73 Å². The van der Waals surface area contributed by atoms with Gasteiger partial charge in [-0.05, 0) is 61.4 Å². The molecule has 26 heavy (non-hydrogen) atoms. The van der Waals surface area contributed by atoms with Crippen molar-refractivity contribution in [2.75, 3.05) is 29.0 Å². The topological polar surface area (TPSA) is 58.4 Å². The molecule has 1 fully saturated rings. The van der Waals surface area contributed by atoms with Crippen LogP contribution in [0.3, 0.4) is 0 Å². The molecule has 2 aromatic rings. The third kappa shape index (κ3) is 3.85. The van der Waals surface area contributed by atoms with E-state index >= 15 is 0 Å². The molecule has 4 heteroatoms.